The maximum Gasteiger partial charge on any atom is 0.243 e. The molecule has 144 valence electrons. The third-order valence-corrected chi connectivity index (χ3v) is 7.30. The van der Waals surface area contributed by atoms with Crippen LogP contribution in [0.4, 0.5) is 0 Å². The summed E-state index contributed by atoms with van der Waals surface area (Å²) >= 11 is 1.31. The van der Waals surface area contributed by atoms with Crippen molar-refractivity contribution in [2.75, 3.05) is 18.8 Å². The number of rotatable bonds is 8. The third-order valence-electron chi connectivity index (χ3n) is 4.42. The lowest BCUT2D eigenvalue weighted by Crippen LogP contribution is -2.27. The molecule has 0 radical (unpaired) electrons. The molecule has 0 amide bonds. The Morgan fingerprint density at radius 1 is 1.22 bits per heavy atom. The summed E-state index contributed by atoms with van der Waals surface area (Å²) in [6.45, 7) is 7.26. The zero-order chi connectivity index (χ0) is 19.4. The molecule has 1 aliphatic heterocycles. The van der Waals surface area contributed by atoms with Gasteiger partial charge in [-0.15, -0.1) is 16.8 Å². The van der Waals surface area contributed by atoms with Crippen LogP contribution in [0.1, 0.15) is 29.0 Å². The van der Waals surface area contributed by atoms with E-state index >= 15 is 0 Å². The molecule has 2 heterocycles. The Morgan fingerprint density at radius 3 is 2.52 bits per heavy atom. The van der Waals surface area contributed by atoms with Gasteiger partial charge < -0.3 is 4.57 Å². The van der Waals surface area contributed by atoms with Crippen LogP contribution in [0.15, 0.2) is 47.0 Å². The number of nitrogens with zero attached hydrogens (tertiary/aromatic N) is 4. The first-order valence-corrected chi connectivity index (χ1v) is 11.1. The molecule has 3 rings (SSSR count). The van der Waals surface area contributed by atoms with Gasteiger partial charge in [0, 0.05) is 25.2 Å². The number of allylic oxidation sites excluding steroid dienone is 1. The molecule has 1 aromatic heterocycles. The van der Waals surface area contributed by atoms with Gasteiger partial charge in [-0.2, -0.15) is 4.31 Å². The highest BCUT2D eigenvalue weighted by atomic mass is 32.2. The van der Waals surface area contributed by atoms with E-state index < -0.39 is 10.0 Å². The Hall–Kier alpha value is -1.97. The quantitative estimate of drug-likeness (QED) is 0.380. The van der Waals surface area contributed by atoms with Crippen molar-refractivity contribution in [3.05, 3.63) is 48.3 Å². The van der Waals surface area contributed by atoms with Crippen molar-refractivity contribution < 1.29 is 13.2 Å². The average molecular weight is 407 g/mol. The number of carbonyl (C=O) groups excluding carboxylic acids is 1. The molecule has 9 heteroatoms. The number of aryl methyl sites for hydroxylation is 1. The number of ketones is 1. The molecule has 0 atom stereocenters. The maximum absolute atomic E-state index is 12.5. The summed E-state index contributed by atoms with van der Waals surface area (Å²) in [6, 6.07) is 6.17. The summed E-state index contributed by atoms with van der Waals surface area (Å²) in [6.07, 6.45) is 3.54. The number of sulfonamides is 1. The highest BCUT2D eigenvalue weighted by Crippen LogP contribution is 2.22. The van der Waals surface area contributed by atoms with Crippen LogP contribution in [-0.4, -0.2) is 52.1 Å². The number of thioether (sulfide) groups is 1. The normalized spacial score (nSPS) is 15.1. The SMILES string of the molecule is C=CCn1c(C)nnc1SCC(=O)c1ccc(S(=O)(=O)N2CCCC2)cc1. The topological polar surface area (TPSA) is 85.2 Å². The molecule has 1 saturated heterocycles. The summed E-state index contributed by atoms with van der Waals surface area (Å²) in [5.41, 5.74) is 0.481. The molecule has 2 aromatic rings. The molecule has 1 aliphatic rings. The van der Waals surface area contributed by atoms with Crippen LogP contribution < -0.4 is 0 Å². The Labute approximate surface area is 163 Å². The molecule has 0 saturated carbocycles. The molecule has 0 unspecified atom stereocenters. The monoisotopic (exact) mass is 406 g/mol. The Bertz CT molecular complexity index is 930. The van der Waals surface area contributed by atoms with Crippen molar-refractivity contribution >= 4 is 27.6 Å². The Morgan fingerprint density at radius 2 is 1.89 bits per heavy atom. The van der Waals surface area contributed by atoms with Crippen molar-refractivity contribution in [1.29, 1.82) is 0 Å². The van der Waals surface area contributed by atoms with Crippen LogP contribution in [0.3, 0.4) is 0 Å². The average Bonchev–Trinajstić information content (AvgIpc) is 3.32. The van der Waals surface area contributed by atoms with Crippen molar-refractivity contribution in [3.63, 3.8) is 0 Å². The largest absolute Gasteiger partial charge is 0.302 e. The molecular weight excluding hydrogens is 384 g/mol. The molecule has 0 bridgehead atoms. The van der Waals surface area contributed by atoms with Crippen LogP contribution in [0.25, 0.3) is 0 Å². The highest BCUT2D eigenvalue weighted by molar-refractivity contribution is 7.99. The van der Waals surface area contributed by atoms with Crippen LogP contribution in [0.2, 0.25) is 0 Å². The molecular formula is C18H22N4O3S2. The molecule has 0 spiro atoms. The fourth-order valence-corrected chi connectivity index (χ4v) is 5.32. The molecule has 0 aliphatic carbocycles. The number of aromatic nitrogens is 3. The van der Waals surface area contributed by atoms with Gasteiger partial charge in [0.25, 0.3) is 0 Å². The van der Waals surface area contributed by atoms with E-state index in [0.29, 0.717) is 30.4 Å². The third kappa shape index (κ3) is 4.31. The van der Waals surface area contributed by atoms with Gasteiger partial charge in [-0.05, 0) is 31.9 Å². The Balaban J connectivity index is 1.67. The van der Waals surface area contributed by atoms with Crippen molar-refractivity contribution in [1.82, 2.24) is 19.1 Å². The lowest BCUT2D eigenvalue weighted by atomic mass is 10.1. The summed E-state index contributed by atoms with van der Waals surface area (Å²) in [5.74, 6) is 0.880. The molecule has 7 nitrogen and oxygen atoms in total. The van der Waals surface area contributed by atoms with Crippen LogP contribution in [-0.2, 0) is 16.6 Å². The van der Waals surface area contributed by atoms with Crippen molar-refractivity contribution in [2.24, 2.45) is 0 Å². The van der Waals surface area contributed by atoms with Gasteiger partial charge in [0.1, 0.15) is 5.82 Å². The highest BCUT2D eigenvalue weighted by Gasteiger charge is 2.27. The van der Waals surface area contributed by atoms with Crippen LogP contribution in [0, 0.1) is 6.92 Å². The number of Topliss-reactive ketones (excluding diaryl/α,β-unsaturated/α-hetero) is 1. The van der Waals surface area contributed by atoms with E-state index in [0.717, 1.165) is 18.7 Å². The minimum absolute atomic E-state index is 0.0871. The van der Waals surface area contributed by atoms with Gasteiger partial charge in [-0.3, -0.25) is 4.79 Å². The zero-order valence-electron chi connectivity index (χ0n) is 15.2. The van der Waals surface area contributed by atoms with Crippen LogP contribution in [0.5, 0.6) is 0 Å². The summed E-state index contributed by atoms with van der Waals surface area (Å²) in [5, 5.41) is 8.77. The van der Waals surface area contributed by atoms with Crippen LogP contribution >= 0.6 is 11.8 Å². The lowest BCUT2D eigenvalue weighted by molar-refractivity contribution is 0.102. The van der Waals surface area contributed by atoms with E-state index in [9.17, 15) is 13.2 Å². The van der Waals surface area contributed by atoms with E-state index in [1.54, 1.807) is 18.2 Å². The van der Waals surface area contributed by atoms with E-state index in [-0.39, 0.29) is 16.4 Å². The van der Waals surface area contributed by atoms with Gasteiger partial charge in [-0.1, -0.05) is 30.0 Å². The van der Waals surface area contributed by atoms with Gasteiger partial charge in [-0.25, -0.2) is 8.42 Å². The second-order valence-electron chi connectivity index (χ2n) is 6.28. The molecule has 1 aromatic carbocycles. The van der Waals surface area contributed by atoms with Crippen molar-refractivity contribution in [2.45, 2.75) is 36.4 Å². The predicted octanol–water partition coefficient (Wildman–Crippen LogP) is 2.53. The fraction of sp³-hybridized carbons (Fsp3) is 0.389. The maximum atomic E-state index is 12.5. The van der Waals surface area contributed by atoms with Gasteiger partial charge in [0.15, 0.2) is 10.9 Å². The number of benzene rings is 1. The van der Waals surface area contributed by atoms with Gasteiger partial charge in [0.2, 0.25) is 10.0 Å². The minimum atomic E-state index is -3.46. The summed E-state index contributed by atoms with van der Waals surface area (Å²) < 4.78 is 28.5. The van der Waals surface area contributed by atoms with Gasteiger partial charge in [0.05, 0.1) is 10.6 Å². The van der Waals surface area contributed by atoms with E-state index in [1.165, 1.54) is 28.2 Å². The zero-order valence-corrected chi connectivity index (χ0v) is 16.8. The molecule has 27 heavy (non-hydrogen) atoms. The number of hydrogen-bond acceptors (Lipinski definition) is 6. The minimum Gasteiger partial charge on any atom is -0.302 e. The molecule has 0 N–H and O–H groups in total. The second-order valence-corrected chi connectivity index (χ2v) is 9.16. The van der Waals surface area contributed by atoms with E-state index in [2.05, 4.69) is 16.8 Å². The standard InChI is InChI=1S/C18H22N4O3S2/c1-3-10-22-14(2)19-20-18(22)26-13-17(23)15-6-8-16(9-7-15)27(24,25)21-11-4-5-12-21/h3,6-9H,1,4-5,10-13H2,2H3. The molecule has 1 fully saturated rings. The predicted molar refractivity (Wildman–Crippen MR) is 104 cm³/mol. The first kappa shape index (κ1) is 19.8. The van der Waals surface area contributed by atoms with Gasteiger partial charge >= 0.3 is 0 Å². The number of carbonyl (C=O) groups is 1. The fourth-order valence-electron chi connectivity index (χ4n) is 2.91. The number of hydrogen-bond donors (Lipinski definition) is 0. The Kier molecular flexibility index (Phi) is 6.13. The first-order valence-electron chi connectivity index (χ1n) is 8.70. The first-order chi connectivity index (χ1) is 12.9. The summed E-state index contributed by atoms with van der Waals surface area (Å²) in [4.78, 5) is 12.7. The van der Waals surface area contributed by atoms with E-state index in [4.69, 9.17) is 0 Å². The van der Waals surface area contributed by atoms with E-state index in [1.807, 2.05) is 11.5 Å². The smallest absolute Gasteiger partial charge is 0.243 e. The second kappa shape index (κ2) is 8.37. The van der Waals surface area contributed by atoms with Crippen molar-refractivity contribution in [3.8, 4) is 0 Å². The summed E-state index contributed by atoms with van der Waals surface area (Å²) in [7, 11) is -3.46. The lowest BCUT2D eigenvalue weighted by Gasteiger charge is -2.15.